The average Bonchev–Trinajstić information content (AvgIpc) is 2.42. The molecule has 2 heteroatoms. The van der Waals surface area contributed by atoms with Crippen LogP contribution in [-0.2, 0) is 16.6 Å². The first-order chi connectivity index (χ1) is 9.15. The Morgan fingerprint density at radius 3 is 2.89 bits per heavy atom. The zero-order valence-corrected chi connectivity index (χ0v) is 12.2. The third-order valence-corrected chi connectivity index (χ3v) is 4.75. The number of carbonyl (C=O) groups excluding carboxylic acids is 1. The maximum Gasteiger partial charge on any atom is 0.120 e. The van der Waals surface area contributed by atoms with Gasteiger partial charge in [-0.05, 0) is 53.9 Å². The number of rotatable bonds is 5. The van der Waals surface area contributed by atoms with Crippen LogP contribution in [0.2, 0.25) is 0 Å². The number of ether oxygens (including phenoxy) is 1. The SMILES string of the molecule is CCCC1(C)c2cc(OC)ccc2CCC1CC=O. The van der Waals surface area contributed by atoms with Crippen LogP contribution in [0.25, 0.3) is 0 Å². The Hall–Kier alpha value is -1.31. The minimum absolute atomic E-state index is 0.109. The Morgan fingerprint density at radius 2 is 2.26 bits per heavy atom. The Morgan fingerprint density at radius 1 is 1.47 bits per heavy atom. The van der Waals surface area contributed by atoms with Gasteiger partial charge in [-0.15, -0.1) is 0 Å². The molecule has 19 heavy (non-hydrogen) atoms. The summed E-state index contributed by atoms with van der Waals surface area (Å²) in [5.74, 6) is 1.39. The van der Waals surface area contributed by atoms with Crippen molar-refractivity contribution >= 4 is 6.29 Å². The fraction of sp³-hybridized carbons (Fsp3) is 0.588. The van der Waals surface area contributed by atoms with E-state index in [2.05, 4.69) is 26.0 Å². The second kappa shape index (κ2) is 5.77. The molecule has 0 saturated carbocycles. The summed E-state index contributed by atoms with van der Waals surface area (Å²) >= 11 is 0. The van der Waals surface area contributed by atoms with Crippen molar-refractivity contribution in [2.24, 2.45) is 5.92 Å². The van der Waals surface area contributed by atoms with Crippen LogP contribution < -0.4 is 4.74 Å². The lowest BCUT2D eigenvalue weighted by Crippen LogP contribution is -2.37. The van der Waals surface area contributed by atoms with Gasteiger partial charge >= 0.3 is 0 Å². The van der Waals surface area contributed by atoms with Gasteiger partial charge < -0.3 is 9.53 Å². The van der Waals surface area contributed by atoms with Gasteiger partial charge in [0.2, 0.25) is 0 Å². The zero-order chi connectivity index (χ0) is 13.9. The van der Waals surface area contributed by atoms with Crippen molar-refractivity contribution in [3.05, 3.63) is 29.3 Å². The molecule has 0 spiro atoms. The highest BCUT2D eigenvalue weighted by atomic mass is 16.5. The highest BCUT2D eigenvalue weighted by Gasteiger charge is 2.39. The summed E-state index contributed by atoms with van der Waals surface area (Å²) in [6, 6.07) is 6.42. The van der Waals surface area contributed by atoms with E-state index >= 15 is 0 Å². The molecular formula is C17H24O2. The molecule has 2 rings (SSSR count). The van der Waals surface area contributed by atoms with Gasteiger partial charge in [0.15, 0.2) is 0 Å². The molecule has 0 saturated heterocycles. The normalized spacial score (nSPS) is 25.7. The van der Waals surface area contributed by atoms with Gasteiger partial charge in [0.05, 0.1) is 7.11 Å². The van der Waals surface area contributed by atoms with E-state index in [1.54, 1.807) is 7.11 Å². The largest absolute Gasteiger partial charge is 0.497 e. The first-order valence-electron chi connectivity index (χ1n) is 7.26. The topological polar surface area (TPSA) is 26.3 Å². The van der Waals surface area contributed by atoms with Crippen molar-refractivity contribution in [2.75, 3.05) is 7.11 Å². The number of benzene rings is 1. The maximum atomic E-state index is 11.0. The number of aryl methyl sites for hydroxylation is 1. The Balaban J connectivity index is 2.47. The summed E-state index contributed by atoms with van der Waals surface area (Å²) in [5.41, 5.74) is 2.93. The van der Waals surface area contributed by atoms with Crippen LogP contribution in [-0.4, -0.2) is 13.4 Å². The van der Waals surface area contributed by atoms with E-state index in [-0.39, 0.29) is 5.41 Å². The average molecular weight is 260 g/mol. The van der Waals surface area contributed by atoms with Crippen molar-refractivity contribution < 1.29 is 9.53 Å². The fourth-order valence-electron chi connectivity index (χ4n) is 3.65. The van der Waals surface area contributed by atoms with E-state index in [1.807, 2.05) is 6.07 Å². The number of hydrogen-bond acceptors (Lipinski definition) is 2. The van der Waals surface area contributed by atoms with Crippen molar-refractivity contribution in [2.45, 2.75) is 51.4 Å². The second-order valence-electron chi connectivity index (χ2n) is 5.83. The summed E-state index contributed by atoms with van der Waals surface area (Å²) in [7, 11) is 1.71. The fourth-order valence-corrected chi connectivity index (χ4v) is 3.65. The number of methoxy groups -OCH3 is 1. The number of fused-ring (bicyclic) bond motifs is 1. The molecule has 104 valence electrons. The molecule has 2 unspecified atom stereocenters. The first-order valence-corrected chi connectivity index (χ1v) is 7.26. The van der Waals surface area contributed by atoms with Gasteiger partial charge in [-0.1, -0.05) is 26.3 Å². The van der Waals surface area contributed by atoms with E-state index in [1.165, 1.54) is 11.1 Å². The summed E-state index contributed by atoms with van der Waals surface area (Å²) in [4.78, 5) is 11.0. The van der Waals surface area contributed by atoms with Crippen LogP contribution in [0.4, 0.5) is 0 Å². The van der Waals surface area contributed by atoms with E-state index in [0.717, 1.165) is 37.7 Å². The predicted molar refractivity (Wildman–Crippen MR) is 77.7 cm³/mol. The van der Waals surface area contributed by atoms with Crippen LogP contribution in [0.15, 0.2) is 18.2 Å². The summed E-state index contributed by atoms with van der Waals surface area (Å²) in [6.45, 7) is 4.54. The van der Waals surface area contributed by atoms with Crippen molar-refractivity contribution in [3.8, 4) is 5.75 Å². The van der Waals surface area contributed by atoms with Gasteiger partial charge in [-0.2, -0.15) is 0 Å². The molecule has 1 aromatic carbocycles. The molecule has 0 aliphatic heterocycles. The Bertz CT molecular complexity index is 453. The van der Waals surface area contributed by atoms with Crippen LogP contribution in [0.1, 0.15) is 50.7 Å². The van der Waals surface area contributed by atoms with Gasteiger partial charge in [0.25, 0.3) is 0 Å². The smallest absolute Gasteiger partial charge is 0.120 e. The number of hydrogen-bond donors (Lipinski definition) is 0. The molecule has 1 aliphatic rings. The van der Waals surface area contributed by atoms with E-state index in [9.17, 15) is 4.79 Å². The van der Waals surface area contributed by atoms with Crippen LogP contribution in [0.3, 0.4) is 0 Å². The summed E-state index contributed by atoms with van der Waals surface area (Å²) in [6.07, 6.45) is 6.23. The number of aldehydes is 1. The molecule has 0 fully saturated rings. The third-order valence-electron chi connectivity index (χ3n) is 4.75. The van der Waals surface area contributed by atoms with Gasteiger partial charge in [0.1, 0.15) is 12.0 Å². The molecule has 1 aromatic rings. The minimum Gasteiger partial charge on any atom is -0.497 e. The van der Waals surface area contributed by atoms with E-state index in [4.69, 9.17) is 4.74 Å². The van der Waals surface area contributed by atoms with Crippen molar-refractivity contribution in [3.63, 3.8) is 0 Å². The van der Waals surface area contributed by atoms with Crippen LogP contribution in [0.5, 0.6) is 5.75 Å². The van der Waals surface area contributed by atoms with Crippen molar-refractivity contribution in [1.82, 2.24) is 0 Å². The molecular weight excluding hydrogens is 236 g/mol. The molecule has 1 aliphatic carbocycles. The molecule has 0 heterocycles. The van der Waals surface area contributed by atoms with Crippen LogP contribution >= 0.6 is 0 Å². The Kier molecular flexibility index (Phi) is 4.28. The molecule has 0 bridgehead atoms. The highest BCUT2D eigenvalue weighted by Crippen LogP contribution is 2.46. The quantitative estimate of drug-likeness (QED) is 0.750. The van der Waals surface area contributed by atoms with E-state index < -0.39 is 0 Å². The lowest BCUT2D eigenvalue weighted by atomic mass is 9.61. The van der Waals surface area contributed by atoms with Crippen molar-refractivity contribution in [1.29, 1.82) is 0 Å². The summed E-state index contributed by atoms with van der Waals surface area (Å²) < 4.78 is 5.38. The zero-order valence-electron chi connectivity index (χ0n) is 12.2. The van der Waals surface area contributed by atoms with Gasteiger partial charge in [-0.3, -0.25) is 0 Å². The molecule has 0 N–H and O–H groups in total. The first kappa shape index (κ1) is 14.1. The van der Waals surface area contributed by atoms with Crippen LogP contribution in [0, 0.1) is 5.92 Å². The molecule has 2 atom stereocenters. The second-order valence-corrected chi connectivity index (χ2v) is 5.83. The predicted octanol–water partition coefficient (Wildman–Crippen LogP) is 3.90. The van der Waals surface area contributed by atoms with Gasteiger partial charge in [0, 0.05) is 6.42 Å². The van der Waals surface area contributed by atoms with E-state index in [0.29, 0.717) is 12.3 Å². The highest BCUT2D eigenvalue weighted by molar-refractivity contribution is 5.52. The van der Waals surface area contributed by atoms with Gasteiger partial charge in [-0.25, -0.2) is 0 Å². The monoisotopic (exact) mass is 260 g/mol. The third kappa shape index (κ3) is 2.54. The molecule has 0 radical (unpaired) electrons. The number of carbonyl (C=O) groups is 1. The summed E-state index contributed by atoms with van der Waals surface area (Å²) in [5, 5.41) is 0. The standard InChI is InChI=1S/C17H24O2/c1-4-10-17(2)14(9-11-18)7-5-13-6-8-15(19-3)12-16(13)17/h6,8,11-12,14H,4-5,7,9-10H2,1-3H3. The molecule has 0 amide bonds. The lowest BCUT2D eigenvalue weighted by molar-refractivity contribution is -0.109. The minimum atomic E-state index is 0.109. The Labute approximate surface area is 116 Å². The molecule has 2 nitrogen and oxygen atoms in total. The lowest BCUT2D eigenvalue weighted by Gasteiger charge is -2.43. The molecule has 0 aromatic heterocycles. The maximum absolute atomic E-state index is 11.0.